The van der Waals surface area contributed by atoms with Crippen LogP contribution in [0.4, 0.5) is 0 Å². The third-order valence-corrected chi connectivity index (χ3v) is 4.44. The van der Waals surface area contributed by atoms with E-state index in [1.165, 1.54) is 17.7 Å². The first-order valence-electron chi connectivity index (χ1n) is 7.18. The van der Waals surface area contributed by atoms with Crippen LogP contribution in [0.1, 0.15) is 29.2 Å². The summed E-state index contributed by atoms with van der Waals surface area (Å²) in [6.45, 7) is 2.69. The van der Waals surface area contributed by atoms with Gasteiger partial charge in [0.15, 0.2) is 5.76 Å². The molecule has 108 valence electrons. The Kier molecular flexibility index (Phi) is 4.50. The van der Waals surface area contributed by atoms with E-state index in [1.807, 2.05) is 11.3 Å². The molecule has 0 aromatic carbocycles. The number of nitrogens with zero attached hydrogens (tertiary/aromatic N) is 2. The van der Waals surface area contributed by atoms with Gasteiger partial charge >= 0.3 is 0 Å². The molecular weight excluding hydrogens is 270 g/mol. The number of rotatable bonds is 8. The third-order valence-electron chi connectivity index (χ3n) is 3.50. The summed E-state index contributed by atoms with van der Waals surface area (Å²) >= 11 is 1.82. The normalized spacial score (nSPS) is 15.1. The van der Waals surface area contributed by atoms with E-state index in [0.717, 1.165) is 37.5 Å². The molecule has 0 bridgehead atoms. The lowest BCUT2D eigenvalue weighted by Gasteiger charge is -2.13. The zero-order valence-corrected chi connectivity index (χ0v) is 12.7. The second-order valence-electron chi connectivity index (χ2n) is 5.51. The standard InChI is InChI=1S/C15H21N3OS/c1-18(7-6-15-3-2-8-20-15)11-14-9-13(17-19-14)10-16-12-4-5-12/h2-3,8-9,12,16H,4-7,10-11H2,1H3. The molecule has 1 N–H and O–H groups in total. The molecule has 2 aromatic rings. The van der Waals surface area contributed by atoms with Crippen molar-refractivity contribution in [3.05, 3.63) is 39.9 Å². The molecule has 3 rings (SSSR count). The van der Waals surface area contributed by atoms with Gasteiger partial charge in [-0.1, -0.05) is 11.2 Å². The largest absolute Gasteiger partial charge is 0.360 e. The molecule has 0 aliphatic heterocycles. The fraction of sp³-hybridized carbons (Fsp3) is 0.533. The summed E-state index contributed by atoms with van der Waals surface area (Å²) in [5.74, 6) is 0.950. The van der Waals surface area contributed by atoms with E-state index in [-0.39, 0.29) is 0 Å². The van der Waals surface area contributed by atoms with Gasteiger partial charge in [0, 0.05) is 30.1 Å². The molecule has 1 aliphatic carbocycles. The van der Waals surface area contributed by atoms with E-state index in [1.54, 1.807) is 0 Å². The topological polar surface area (TPSA) is 41.3 Å². The Labute approximate surface area is 123 Å². The van der Waals surface area contributed by atoms with E-state index in [9.17, 15) is 0 Å². The molecule has 0 amide bonds. The first-order chi connectivity index (χ1) is 9.79. The Bertz CT molecular complexity index is 519. The van der Waals surface area contributed by atoms with Crippen molar-refractivity contribution in [2.24, 2.45) is 0 Å². The zero-order valence-electron chi connectivity index (χ0n) is 11.8. The molecule has 2 heterocycles. The maximum absolute atomic E-state index is 5.40. The van der Waals surface area contributed by atoms with Crippen molar-refractivity contribution in [2.75, 3.05) is 13.6 Å². The van der Waals surface area contributed by atoms with Crippen molar-refractivity contribution in [3.8, 4) is 0 Å². The van der Waals surface area contributed by atoms with Gasteiger partial charge in [-0.05, 0) is 37.8 Å². The molecule has 0 saturated heterocycles. The molecule has 5 heteroatoms. The number of hydrogen-bond acceptors (Lipinski definition) is 5. The van der Waals surface area contributed by atoms with Gasteiger partial charge in [0.1, 0.15) is 0 Å². The lowest BCUT2D eigenvalue weighted by atomic mass is 10.3. The van der Waals surface area contributed by atoms with Crippen LogP contribution in [0.15, 0.2) is 28.1 Å². The van der Waals surface area contributed by atoms with E-state index >= 15 is 0 Å². The van der Waals surface area contributed by atoms with Crippen molar-refractivity contribution in [1.29, 1.82) is 0 Å². The minimum absolute atomic E-state index is 0.712. The predicted molar refractivity (Wildman–Crippen MR) is 80.7 cm³/mol. The number of nitrogens with one attached hydrogen (secondary N) is 1. The third kappa shape index (κ3) is 4.16. The Morgan fingerprint density at radius 2 is 2.40 bits per heavy atom. The van der Waals surface area contributed by atoms with Gasteiger partial charge in [-0.2, -0.15) is 0 Å². The molecular formula is C15H21N3OS. The van der Waals surface area contributed by atoms with Crippen LogP contribution in [0.3, 0.4) is 0 Å². The highest BCUT2D eigenvalue weighted by Gasteiger charge is 2.20. The van der Waals surface area contributed by atoms with Crippen molar-refractivity contribution in [2.45, 2.75) is 38.4 Å². The molecule has 4 nitrogen and oxygen atoms in total. The van der Waals surface area contributed by atoms with Gasteiger partial charge in [0.05, 0.1) is 12.2 Å². The minimum Gasteiger partial charge on any atom is -0.360 e. The summed E-state index contributed by atoms with van der Waals surface area (Å²) in [7, 11) is 2.12. The fourth-order valence-electron chi connectivity index (χ4n) is 2.15. The highest BCUT2D eigenvalue weighted by molar-refractivity contribution is 7.09. The quantitative estimate of drug-likeness (QED) is 0.812. The maximum atomic E-state index is 5.40. The molecule has 0 atom stereocenters. The molecule has 1 saturated carbocycles. The zero-order chi connectivity index (χ0) is 13.8. The van der Waals surface area contributed by atoms with E-state index < -0.39 is 0 Å². The summed E-state index contributed by atoms with van der Waals surface area (Å²) in [6, 6.07) is 7.07. The number of thiophene rings is 1. The average molecular weight is 291 g/mol. The monoisotopic (exact) mass is 291 g/mol. The Morgan fingerprint density at radius 1 is 1.50 bits per heavy atom. The van der Waals surface area contributed by atoms with Crippen molar-refractivity contribution in [3.63, 3.8) is 0 Å². The summed E-state index contributed by atoms with van der Waals surface area (Å²) in [5.41, 5.74) is 1.01. The number of hydrogen-bond donors (Lipinski definition) is 1. The highest BCUT2D eigenvalue weighted by Crippen LogP contribution is 2.19. The van der Waals surface area contributed by atoms with Crippen LogP contribution in [0.2, 0.25) is 0 Å². The Morgan fingerprint density at radius 3 is 3.15 bits per heavy atom. The van der Waals surface area contributed by atoms with E-state index in [4.69, 9.17) is 4.52 Å². The summed E-state index contributed by atoms with van der Waals surface area (Å²) in [6.07, 6.45) is 3.70. The molecule has 0 spiro atoms. The fourth-order valence-corrected chi connectivity index (χ4v) is 2.85. The minimum atomic E-state index is 0.712. The van der Waals surface area contributed by atoms with Crippen LogP contribution in [0.25, 0.3) is 0 Å². The van der Waals surface area contributed by atoms with Gasteiger partial charge in [-0.3, -0.25) is 4.90 Å². The van der Waals surface area contributed by atoms with Crippen LogP contribution in [-0.4, -0.2) is 29.7 Å². The lowest BCUT2D eigenvalue weighted by Crippen LogP contribution is -2.20. The second-order valence-corrected chi connectivity index (χ2v) is 6.54. The van der Waals surface area contributed by atoms with Crippen LogP contribution in [0.5, 0.6) is 0 Å². The van der Waals surface area contributed by atoms with Gasteiger partial charge < -0.3 is 9.84 Å². The molecule has 20 heavy (non-hydrogen) atoms. The molecule has 0 unspecified atom stereocenters. The average Bonchev–Trinajstić information content (AvgIpc) is 2.94. The summed E-state index contributed by atoms with van der Waals surface area (Å²) in [4.78, 5) is 3.71. The van der Waals surface area contributed by atoms with Gasteiger partial charge in [0.25, 0.3) is 0 Å². The molecule has 1 fully saturated rings. The second kappa shape index (κ2) is 6.52. The SMILES string of the molecule is CN(CCc1cccs1)Cc1cc(CNC2CC2)no1. The van der Waals surface area contributed by atoms with Crippen molar-refractivity contribution >= 4 is 11.3 Å². The molecule has 1 aliphatic rings. The van der Waals surface area contributed by atoms with Gasteiger partial charge in [0.2, 0.25) is 0 Å². The van der Waals surface area contributed by atoms with E-state index in [2.05, 4.69) is 46.0 Å². The van der Waals surface area contributed by atoms with Crippen LogP contribution < -0.4 is 5.32 Å². The van der Waals surface area contributed by atoms with Crippen molar-refractivity contribution in [1.82, 2.24) is 15.4 Å². The first-order valence-corrected chi connectivity index (χ1v) is 8.06. The summed E-state index contributed by atoms with van der Waals surface area (Å²) in [5, 5.41) is 9.70. The number of aromatic nitrogens is 1. The first kappa shape index (κ1) is 13.8. The van der Waals surface area contributed by atoms with Crippen molar-refractivity contribution < 1.29 is 4.52 Å². The van der Waals surface area contributed by atoms with Gasteiger partial charge in [-0.25, -0.2) is 0 Å². The van der Waals surface area contributed by atoms with Crippen LogP contribution >= 0.6 is 11.3 Å². The molecule has 2 aromatic heterocycles. The maximum Gasteiger partial charge on any atom is 0.151 e. The smallest absolute Gasteiger partial charge is 0.151 e. The Balaban J connectivity index is 1.41. The lowest BCUT2D eigenvalue weighted by molar-refractivity contribution is 0.274. The van der Waals surface area contributed by atoms with Crippen LogP contribution in [0, 0.1) is 0 Å². The van der Waals surface area contributed by atoms with Gasteiger partial charge in [-0.15, -0.1) is 11.3 Å². The predicted octanol–water partition coefficient (Wildman–Crippen LogP) is 2.66. The van der Waals surface area contributed by atoms with Crippen LogP contribution in [-0.2, 0) is 19.5 Å². The van der Waals surface area contributed by atoms with E-state index in [0.29, 0.717) is 6.04 Å². The number of likely N-dealkylation sites (N-methyl/N-ethyl adjacent to an activating group) is 1. The Hall–Kier alpha value is -1.17. The summed E-state index contributed by atoms with van der Waals surface area (Å²) < 4.78 is 5.40. The molecule has 0 radical (unpaired) electrons. The highest BCUT2D eigenvalue weighted by atomic mass is 32.1.